The van der Waals surface area contributed by atoms with Gasteiger partial charge in [0.25, 0.3) is 0 Å². The first-order valence-corrected chi connectivity index (χ1v) is 8.39. The van der Waals surface area contributed by atoms with E-state index in [0.717, 1.165) is 41.1 Å². The average Bonchev–Trinajstić information content (AvgIpc) is 3.02. The van der Waals surface area contributed by atoms with Crippen molar-refractivity contribution in [2.24, 2.45) is 0 Å². The number of aromatic nitrogens is 4. The lowest BCUT2D eigenvalue weighted by Crippen LogP contribution is -2.14. The van der Waals surface area contributed by atoms with Crippen molar-refractivity contribution in [1.82, 2.24) is 19.7 Å². The summed E-state index contributed by atoms with van der Waals surface area (Å²) in [5, 5.41) is 9.68. The molecule has 0 spiro atoms. The molecule has 4 aromatic rings. The van der Waals surface area contributed by atoms with Crippen LogP contribution in [0.2, 0.25) is 0 Å². The zero-order valence-corrected chi connectivity index (χ0v) is 14.0. The van der Waals surface area contributed by atoms with Gasteiger partial charge in [0.1, 0.15) is 23.3 Å². The third-order valence-corrected chi connectivity index (χ3v) is 4.93. The molecule has 0 bridgehead atoms. The molecule has 0 saturated carbocycles. The van der Waals surface area contributed by atoms with Crippen molar-refractivity contribution < 1.29 is 8.78 Å². The van der Waals surface area contributed by atoms with E-state index in [9.17, 15) is 4.39 Å². The molecule has 0 N–H and O–H groups in total. The second-order valence-electron chi connectivity index (χ2n) is 6.51. The molecule has 2 aromatic heterocycles. The van der Waals surface area contributed by atoms with Crippen LogP contribution in [0.5, 0.6) is 0 Å². The standard InChI is InChI=1S/C20H14F2N4/c1-11-24-25-20-5-3-12-6-16(18(22)8-19(12)26(11)20)17-10-23-9-13-2-4-14(21)7-15(13)17/h2,4,6-10H,3,5H2,1H3. The van der Waals surface area contributed by atoms with Crippen LogP contribution in [0, 0.1) is 18.6 Å². The van der Waals surface area contributed by atoms with Crippen LogP contribution in [0.3, 0.4) is 0 Å². The van der Waals surface area contributed by atoms with Gasteiger partial charge in [-0.15, -0.1) is 10.2 Å². The number of fused-ring (bicyclic) bond motifs is 4. The lowest BCUT2D eigenvalue weighted by atomic mass is 9.94. The highest BCUT2D eigenvalue weighted by Gasteiger charge is 2.22. The number of hydrogen-bond donors (Lipinski definition) is 0. The Hall–Kier alpha value is -3.15. The summed E-state index contributed by atoms with van der Waals surface area (Å²) >= 11 is 0. The summed E-state index contributed by atoms with van der Waals surface area (Å²) in [6.45, 7) is 1.86. The van der Waals surface area contributed by atoms with E-state index in [-0.39, 0.29) is 11.6 Å². The summed E-state index contributed by atoms with van der Waals surface area (Å²) in [6.07, 6.45) is 4.75. The number of benzene rings is 2. The average molecular weight is 348 g/mol. The molecule has 4 nitrogen and oxygen atoms in total. The van der Waals surface area contributed by atoms with Gasteiger partial charge in [-0.1, -0.05) is 0 Å². The van der Waals surface area contributed by atoms with Crippen LogP contribution in [0.1, 0.15) is 17.2 Å². The van der Waals surface area contributed by atoms with Crippen LogP contribution >= 0.6 is 0 Å². The van der Waals surface area contributed by atoms with Gasteiger partial charge in [-0.3, -0.25) is 9.55 Å². The largest absolute Gasteiger partial charge is 0.283 e. The molecule has 0 fully saturated rings. The lowest BCUT2D eigenvalue weighted by Gasteiger charge is -2.20. The highest BCUT2D eigenvalue weighted by Crippen LogP contribution is 2.35. The highest BCUT2D eigenvalue weighted by molar-refractivity contribution is 5.96. The zero-order valence-electron chi connectivity index (χ0n) is 14.0. The van der Waals surface area contributed by atoms with Crippen LogP contribution in [0.4, 0.5) is 8.78 Å². The molecule has 6 heteroatoms. The molecule has 1 aliphatic rings. The first-order valence-electron chi connectivity index (χ1n) is 8.39. The maximum atomic E-state index is 15.0. The molecule has 1 aliphatic heterocycles. The van der Waals surface area contributed by atoms with Crippen molar-refractivity contribution in [3.8, 4) is 16.8 Å². The van der Waals surface area contributed by atoms with Gasteiger partial charge in [0, 0.05) is 35.3 Å². The van der Waals surface area contributed by atoms with Crippen molar-refractivity contribution in [3.63, 3.8) is 0 Å². The molecular weight excluding hydrogens is 334 g/mol. The summed E-state index contributed by atoms with van der Waals surface area (Å²) < 4.78 is 30.7. The molecule has 0 unspecified atom stereocenters. The minimum atomic E-state index is -0.372. The van der Waals surface area contributed by atoms with E-state index >= 15 is 4.39 Å². The predicted octanol–water partition coefficient (Wildman–Crippen LogP) is 4.17. The number of pyridine rings is 1. The summed E-state index contributed by atoms with van der Waals surface area (Å²) in [6, 6.07) is 7.82. The van der Waals surface area contributed by atoms with Gasteiger partial charge in [-0.05, 0) is 54.6 Å². The molecule has 0 atom stereocenters. The molecule has 128 valence electrons. The van der Waals surface area contributed by atoms with Crippen LogP contribution in [0.25, 0.3) is 27.6 Å². The van der Waals surface area contributed by atoms with Gasteiger partial charge in [0.05, 0.1) is 5.69 Å². The molecule has 5 rings (SSSR count). The summed E-state index contributed by atoms with van der Waals surface area (Å²) in [5.41, 5.74) is 2.81. The maximum absolute atomic E-state index is 15.0. The molecule has 0 saturated heterocycles. The molecule has 0 amide bonds. The summed E-state index contributed by atoms with van der Waals surface area (Å²) in [5.74, 6) is 0.856. The number of nitrogens with zero attached hydrogens (tertiary/aromatic N) is 4. The third kappa shape index (κ3) is 2.15. The van der Waals surface area contributed by atoms with Crippen molar-refractivity contribution in [3.05, 3.63) is 71.6 Å². The maximum Gasteiger partial charge on any atom is 0.137 e. The van der Waals surface area contributed by atoms with Crippen molar-refractivity contribution in [2.75, 3.05) is 0 Å². The molecule has 26 heavy (non-hydrogen) atoms. The topological polar surface area (TPSA) is 43.6 Å². The Bertz CT molecular complexity index is 1180. The van der Waals surface area contributed by atoms with E-state index in [1.54, 1.807) is 18.5 Å². The highest BCUT2D eigenvalue weighted by atomic mass is 19.1. The number of rotatable bonds is 1. The van der Waals surface area contributed by atoms with E-state index < -0.39 is 0 Å². The van der Waals surface area contributed by atoms with Gasteiger partial charge >= 0.3 is 0 Å². The first kappa shape index (κ1) is 15.1. The lowest BCUT2D eigenvalue weighted by molar-refractivity contribution is 0.625. The first-order chi connectivity index (χ1) is 12.6. The van der Waals surface area contributed by atoms with Crippen LogP contribution in [-0.2, 0) is 12.8 Å². The Morgan fingerprint density at radius 2 is 1.85 bits per heavy atom. The van der Waals surface area contributed by atoms with Crippen LogP contribution in [-0.4, -0.2) is 19.7 Å². The molecule has 3 heterocycles. The Morgan fingerprint density at radius 3 is 2.73 bits per heavy atom. The van der Waals surface area contributed by atoms with Crippen molar-refractivity contribution >= 4 is 10.8 Å². The smallest absolute Gasteiger partial charge is 0.137 e. The van der Waals surface area contributed by atoms with Gasteiger partial charge in [-0.2, -0.15) is 0 Å². The SMILES string of the molecule is Cc1nnc2n1-c1cc(F)c(-c3cncc4ccc(F)cc34)cc1CC2. The summed E-state index contributed by atoms with van der Waals surface area (Å²) in [4.78, 5) is 4.20. The number of aryl methyl sites for hydroxylation is 3. The molecule has 0 radical (unpaired) electrons. The Labute approximate surface area is 148 Å². The Kier molecular flexibility index (Phi) is 3.16. The van der Waals surface area contributed by atoms with E-state index in [0.29, 0.717) is 16.5 Å². The third-order valence-electron chi connectivity index (χ3n) is 4.93. The molecule has 2 aromatic carbocycles. The summed E-state index contributed by atoms with van der Waals surface area (Å²) in [7, 11) is 0. The molecular formula is C20H14F2N4. The number of hydrogen-bond acceptors (Lipinski definition) is 3. The van der Waals surface area contributed by atoms with Gasteiger partial charge < -0.3 is 0 Å². The van der Waals surface area contributed by atoms with Crippen molar-refractivity contribution in [1.29, 1.82) is 0 Å². The van der Waals surface area contributed by atoms with E-state index in [4.69, 9.17) is 0 Å². The Morgan fingerprint density at radius 1 is 0.962 bits per heavy atom. The fourth-order valence-corrected chi connectivity index (χ4v) is 3.70. The van der Waals surface area contributed by atoms with E-state index in [1.165, 1.54) is 18.2 Å². The minimum absolute atomic E-state index is 0.354. The van der Waals surface area contributed by atoms with Crippen molar-refractivity contribution in [2.45, 2.75) is 19.8 Å². The second-order valence-corrected chi connectivity index (χ2v) is 6.51. The normalized spacial score (nSPS) is 12.9. The van der Waals surface area contributed by atoms with E-state index in [1.807, 2.05) is 17.6 Å². The quantitative estimate of drug-likeness (QED) is 0.519. The Balaban J connectivity index is 1.76. The minimum Gasteiger partial charge on any atom is -0.283 e. The number of halogens is 2. The van der Waals surface area contributed by atoms with Gasteiger partial charge in [-0.25, -0.2) is 8.78 Å². The second kappa shape index (κ2) is 5.42. The predicted molar refractivity (Wildman–Crippen MR) is 94.2 cm³/mol. The van der Waals surface area contributed by atoms with Crippen LogP contribution < -0.4 is 0 Å². The van der Waals surface area contributed by atoms with E-state index in [2.05, 4.69) is 15.2 Å². The monoisotopic (exact) mass is 348 g/mol. The molecule has 0 aliphatic carbocycles. The zero-order chi connectivity index (χ0) is 17.8. The van der Waals surface area contributed by atoms with Gasteiger partial charge in [0.15, 0.2) is 0 Å². The fraction of sp³-hybridized carbons (Fsp3) is 0.150. The van der Waals surface area contributed by atoms with Gasteiger partial charge in [0.2, 0.25) is 0 Å². The fourth-order valence-electron chi connectivity index (χ4n) is 3.70. The van der Waals surface area contributed by atoms with Crippen LogP contribution in [0.15, 0.2) is 42.7 Å².